The molecule has 1 fully saturated rings. The largest absolute Gasteiger partial charge is 0.477 e. The molecular formula is C14H19N7O5S4. The summed E-state index contributed by atoms with van der Waals surface area (Å²) >= 11 is 7.75. The number of carbonyl (C=O) groups is 2. The third-order valence-corrected chi connectivity index (χ3v) is 7.89. The van der Waals surface area contributed by atoms with E-state index in [1.54, 1.807) is 0 Å². The van der Waals surface area contributed by atoms with Gasteiger partial charge in [-0.25, -0.2) is 23.0 Å². The molecule has 0 aromatic carbocycles. The summed E-state index contributed by atoms with van der Waals surface area (Å²) < 4.78 is 23.6. The van der Waals surface area contributed by atoms with Gasteiger partial charge in [-0.3, -0.25) is 9.69 Å². The molecule has 30 heavy (non-hydrogen) atoms. The number of sulfonamides is 1. The fourth-order valence-electron chi connectivity index (χ4n) is 2.88. The molecule has 2 aliphatic heterocycles. The number of hydrogen-bond donors (Lipinski definition) is 3. The molecule has 2 atom stereocenters. The molecule has 4 N–H and O–H groups in total. The number of aryl methyl sites for hydroxylation is 1. The Balaban J connectivity index is 1.72. The normalized spacial score (nSPS) is 21.3. The molecule has 0 saturated carbocycles. The third-order valence-electron chi connectivity index (χ3n) is 4.35. The number of nitrogens with one attached hydrogen (secondary N) is 1. The highest BCUT2D eigenvalue weighted by atomic mass is 32.2. The first-order valence-electron chi connectivity index (χ1n) is 8.71. The van der Waals surface area contributed by atoms with Crippen molar-refractivity contribution in [1.29, 1.82) is 0 Å². The number of rotatable bonds is 9. The average Bonchev–Trinajstić information content (AvgIpc) is 3.14. The highest BCUT2D eigenvalue weighted by molar-refractivity contribution is 8.01. The molecule has 16 heteroatoms. The second-order valence-electron chi connectivity index (χ2n) is 6.41. The van der Waals surface area contributed by atoms with Gasteiger partial charge in [0.05, 0.1) is 17.3 Å². The number of thioether (sulfide) groups is 2. The first kappa shape index (κ1) is 22.9. The quantitative estimate of drug-likeness (QED) is 0.218. The summed E-state index contributed by atoms with van der Waals surface area (Å²) in [6.45, 7) is 1.85. The number of aromatic nitrogens is 4. The van der Waals surface area contributed by atoms with Gasteiger partial charge >= 0.3 is 5.97 Å². The molecule has 1 aromatic heterocycles. The Kier molecular flexibility index (Phi) is 7.01. The minimum absolute atomic E-state index is 0.0227. The van der Waals surface area contributed by atoms with Crippen LogP contribution in [0.5, 0.6) is 0 Å². The van der Waals surface area contributed by atoms with Crippen LogP contribution in [0.15, 0.2) is 16.4 Å². The smallest absolute Gasteiger partial charge is 0.352 e. The molecule has 1 amide bonds. The van der Waals surface area contributed by atoms with Crippen LogP contribution in [0.2, 0.25) is 0 Å². The van der Waals surface area contributed by atoms with Crippen LogP contribution in [0.4, 0.5) is 0 Å². The third kappa shape index (κ3) is 4.93. The van der Waals surface area contributed by atoms with Crippen LogP contribution in [0.3, 0.4) is 0 Å². The van der Waals surface area contributed by atoms with Crippen molar-refractivity contribution in [3.8, 4) is 0 Å². The molecule has 1 unspecified atom stereocenters. The maximum atomic E-state index is 12.6. The SMILES string of the molecule is CCC(=S)NC1C(=O)N2C(C(=O)O)=C(CSc3nnnn3CCS(N)(=O)=O)CS[C@H]12. The van der Waals surface area contributed by atoms with Gasteiger partial charge in [-0.1, -0.05) is 30.9 Å². The van der Waals surface area contributed by atoms with Crippen LogP contribution in [0.25, 0.3) is 0 Å². The van der Waals surface area contributed by atoms with Crippen LogP contribution < -0.4 is 10.5 Å². The number of carboxylic acids is 1. The number of hydrogen-bond acceptors (Lipinski definition) is 10. The molecule has 3 rings (SSSR count). The van der Waals surface area contributed by atoms with E-state index in [-0.39, 0.29) is 35.0 Å². The van der Waals surface area contributed by atoms with Crippen molar-refractivity contribution < 1.29 is 23.1 Å². The van der Waals surface area contributed by atoms with Gasteiger partial charge in [-0.2, -0.15) is 0 Å². The van der Waals surface area contributed by atoms with E-state index in [0.29, 0.717) is 27.9 Å². The molecule has 1 saturated heterocycles. The van der Waals surface area contributed by atoms with Gasteiger partial charge in [0.1, 0.15) is 17.1 Å². The van der Waals surface area contributed by atoms with E-state index in [1.807, 2.05) is 6.92 Å². The number of primary sulfonamides is 1. The molecule has 0 bridgehead atoms. The van der Waals surface area contributed by atoms with Crippen LogP contribution in [-0.2, 0) is 26.2 Å². The second-order valence-corrected chi connectivity index (χ2v) is 10.7. The van der Waals surface area contributed by atoms with E-state index in [0.717, 1.165) is 11.8 Å². The zero-order valence-electron chi connectivity index (χ0n) is 15.7. The first-order chi connectivity index (χ1) is 14.1. The lowest BCUT2D eigenvalue weighted by molar-refractivity contribution is -0.148. The fourth-order valence-corrected chi connectivity index (χ4v) is 5.82. The molecule has 12 nitrogen and oxygen atoms in total. The Morgan fingerprint density at radius 1 is 1.50 bits per heavy atom. The summed E-state index contributed by atoms with van der Waals surface area (Å²) in [5, 5.41) is 28.8. The monoisotopic (exact) mass is 493 g/mol. The lowest BCUT2D eigenvalue weighted by Crippen LogP contribution is -2.70. The summed E-state index contributed by atoms with van der Waals surface area (Å²) in [5.41, 5.74) is 0.514. The zero-order chi connectivity index (χ0) is 22.1. The first-order valence-corrected chi connectivity index (χ1v) is 12.9. The number of amides is 1. The molecule has 2 aliphatic rings. The predicted octanol–water partition coefficient (Wildman–Crippen LogP) is -0.997. The maximum Gasteiger partial charge on any atom is 0.352 e. The van der Waals surface area contributed by atoms with Gasteiger partial charge in [0, 0.05) is 11.5 Å². The zero-order valence-corrected chi connectivity index (χ0v) is 19.0. The molecule has 0 radical (unpaired) electrons. The molecule has 3 heterocycles. The Labute approximate surface area is 186 Å². The summed E-state index contributed by atoms with van der Waals surface area (Å²) in [6, 6.07) is -0.531. The van der Waals surface area contributed by atoms with E-state index in [1.165, 1.54) is 21.3 Å². The van der Waals surface area contributed by atoms with Crippen molar-refractivity contribution in [2.45, 2.75) is 36.5 Å². The number of β-lactam (4-membered cyclic amide) rings is 1. The summed E-state index contributed by atoms with van der Waals surface area (Å²) in [7, 11) is -3.68. The topological polar surface area (TPSA) is 173 Å². The minimum Gasteiger partial charge on any atom is -0.477 e. The number of thiocarbonyl (C=S) groups is 1. The lowest BCUT2D eigenvalue weighted by Gasteiger charge is -2.49. The van der Waals surface area contributed by atoms with Crippen molar-refractivity contribution in [2.75, 3.05) is 17.3 Å². The number of tetrazole rings is 1. The van der Waals surface area contributed by atoms with Crippen molar-refractivity contribution in [2.24, 2.45) is 5.14 Å². The van der Waals surface area contributed by atoms with Crippen LogP contribution in [0.1, 0.15) is 13.3 Å². The van der Waals surface area contributed by atoms with E-state index < -0.39 is 22.0 Å². The Bertz CT molecular complexity index is 1010. The Morgan fingerprint density at radius 3 is 2.87 bits per heavy atom. The lowest BCUT2D eigenvalue weighted by atomic mass is 10.0. The van der Waals surface area contributed by atoms with Crippen LogP contribution in [-0.4, -0.2) is 84.2 Å². The fraction of sp³-hybridized carbons (Fsp3) is 0.571. The highest BCUT2D eigenvalue weighted by Crippen LogP contribution is 2.41. The second kappa shape index (κ2) is 9.17. The Morgan fingerprint density at radius 2 is 2.23 bits per heavy atom. The van der Waals surface area contributed by atoms with Crippen LogP contribution >= 0.6 is 35.7 Å². The van der Waals surface area contributed by atoms with Crippen molar-refractivity contribution >= 4 is 62.6 Å². The number of nitrogens with two attached hydrogens (primary N) is 1. The number of nitrogens with zero attached hydrogens (tertiary/aromatic N) is 5. The van der Waals surface area contributed by atoms with Crippen LogP contribution in [0, 0.1) is 0 Å². The summed E-state index contributed by atoms with van der Waals surface area (Å²) in [4.78, 5) is 26.3. The van der Waals surface area contributed by atoms with Crippen molar-refractivity contribution in [1.82, 2.24) is 30.4 Å². The van der Waals surface area contributed by atoms with E-state index in [4.69, 9.17) is 17.4 Å². The molecule has 0 spiro atoms. The predicted molar refractivity (Wildman–Crippen MR) is 114 cm³/mol. The van der Waals surface area contributed by atoms with Gasteiger partial charge in [0.15, 0.2) is 0 Å². The maximum absolute atomic E-state index is 12.6. The van der Waals surface area contributed by atoms with E-state index >= 15 is 0 Å². The van der Waals surface area contributed by atoms with Gasteiger partial charge in [-0.15, -0.1) is 16.9 Å². The standard InChI is InChI=1S/C14H19N7O5S4/c1-2-8(27)16-9-11(22)21-10(13(23)24)7(5-28-12(9)21)6-29-14-17-18-19-20(14)3-4-30(15,25)26/h9,12H,2-6H2,1H3,(H,16,27)(H,23,24)(H2,15,25,26)/t9?,12-/m1/s1. The van der Waals surface area contributed by atoms with Gasteiger partial charge in [-0.05, 0) is 22.4 Å². The molecular weight excluding hydrogens is 474 g/mol. The van der Waals surface area contributed by atoms with Gasteiger partial charge in [0.25, 0.3) is 5.91 Å². The minimum atomic E-state index is -3.68. The highest BCUT2D eigenvalue weighted by Gasteiger charge is 2.53. The molecule has 1 aromatic rings. The van der Waals surface area contributed by atoms with E-state index in [9.17, 15) is 23.1 Å². The van der Waals surface area contributed by atoms with E-state index in [2.05, 4.69) is 20.8 Å². The number of aliphatic carboxylic acids is 1. The van der Waals surface area contributed by atoms with Gasteiger partial charge < -0.3 is 10.4 Å². The average molecular weight is 494 g/mol. The number of fused-ring (bicyclic) bond motifs is 1. The summed E-state index contributed by atoms with van der Waals surface area (Å²) in [6.07, 6.45) is 0.597. The Hall–Kier alpha value is -1.75. The number of carbonyl (C=O) groups excluding carboxylic acids is 1. The molecule has 0 aliphatic carbocycles. The van der Waals surface area contributed by atoms with Gasteiger partial charge in [0.2, 0.25) is 15.2 Å². The molecule has 164 valence electrons. The number of carboxylic acid groups (broad SMARTS) is 1. The van der Waals surface area contributed by atoms with Crippen molar-refractivity contribution in [3.05, 3.63) is 11.3 Å². The van der Waals surface area contributed by atoms with Crippen molar-refractivity contribution in [3.63, 3.8) is 0 Å². The summed E-state index contributed by atoms with van der Waals surface area (Å²) in [5.74, 6) is -1.20.